The molecule has 3 heteroatoms. The smallest absolute Gasteiger partial charge is 0.323 e. The highest BCUT2D eigenvalue weighted by Gasteiger charge is 2.34. The minimum atomic E-state index is -0.107. The fourth-order valence-corrected chi connectivity index (χ4v) is 3.37. The van der Waals surface area contributed by atoms with Gasteiger partial charge in [0.05, 0.1) is 6.61 Å². The second-order valence-corrected chi connectivity index (χ2v) is 5.69. The molecule has 4 rings (SSSR count). The van der Waals surface area contributed by atoms with Crippen molar-refractivity contribution in [3.8, 4) is 11.1 Å². The number of esters is 1. The summed E-state index contributed by atoms with van der Waals surface area (Å²) in [6.45, 7) is 2.14. The van der Waals surface area contributed by atoms with E-state index in [0.717, 1.165) is 19.5 Å². The van der Waals surface area contributed by atoms with Gasteiger partial charge in [-0.1, -0.05) is 48.5 Å². The van der Waals surface area contributed by atoms with E-state index < -0.39 is 0 Å². The van der Waals surface area contributed by atoms with Gasteiger partial charge in [0, 0.05) is 19.5 Å². The van der Waals surface area contributed by atoms with Crippen LogP contribution in [0.5, 0.6) is 0 Å². The maximum absolute atomic E-state index is 11.9. The zero-order valence-corrected chi connectivity index (χ0v) is 11.8. The van der Waals surface area contributed by atoms with Crippen LogP contribution in [0.2, 0.25) is 0 Å². The number of nitrogens with zero attached hydrogens (tertiary/aromatic N) is 1. The SMILES string of the molecule is O=C1OCCC1N1Cc2ccccc2-c2ccccc2C1. The number of carbonyl (C=O) groups excluding carboxylic acids is 1. The van der Waals surface area contributed by atoms with Crippen molar-refractivity contribution in [2.75, 3.05) is 6.61 Å². The summed E-state index contributed by atoms with van der Waals surface area (Å²) in [4.78, 5) is 14.2. The molecule has 2 aromatic carbocycles. The predicted molar refractivity (Wildman–Crippen MR) is 80.5 cm³/mol. The number of ether oxygens (including phenoxy) is 1. The second-order valence-electron chi connectivity index (χ2n) is 5.69. The second kappa shape index (κ2) is 5.01. The van der Waals surface area contributed by atoms with Gasteiger partial charge in [-0.2, -0.15) is 0 Å². The molecule has 2 heterocycles. The van der Waals surface area contributed by atoms with Gasteiger partial charge in [-0.05, 0) is 22.3 Å². The molecule has 3 nitrogen and oxygen atoms in total. The zero-order chi connectivity index (χ0) is 14.2. The van der Waals surface area contributed by atoms with E-state index in [4.69, 9.17) is 4.74 Å². The van der Waals surface area contributed by atoms with Crippen LogP contribution in [-0.2, 0) is 22.6 Å². The van der Waals surface area contributed by atoms with Crippen molar-refractivity contribution in [1.29, 1.82) is 0 Å². The molecule has 0 amide bonds. The van der Waals surface area contributed by atoms with Crippen LogP contribution < -0.4 is 0 Å². The first kappa shape index (κ1) is 12.6. The van der Waals surface area contributed by atoms with E-state index in [1.165, 1.54) is 22.3 Å². The van der Waals surface area contributed by atoms with Gasteiger partial charge >= 0.3 is 5.97 Å². The topological polar surface area (TPSA) is 29.5 Å². The first-order valence-corrected chi connectivity index (χ1v) is 7.40. The molecule has 21 heavy (non-hydrogen) atoms. The molecular formula is C18H17NO2. The normalized spacial score (nSPS) is 21.3. The molecule has 0 N–H and O–H groups in total. The highest BCUT2D eigenvalue weighted by Crippen LogP contribution is 2.34. The van der Waals surface area contributed by atoms with Crippen LogP contribution >= 0.6 is 0 Å². The lowest BCUT2D eigenvalue weighted by Crippen LogP contribution is -2.37. The first-order valence-electron chi connectivity index (χ1n) is 7.40. The van der Waals surface area contributed by atoms with E-state index in [-0.39, 0.29) is 12.0 Å². The molecule has 0 bridgehead atoms. The molecule has 0 radical (unpaired) electrons. The number of carbonyl (C=O) groups is 1. The third kappa shape index (κ3) is 2.14. The summed E-state index contributed by atoms with van der Waals surface area (Å²) >= 11 is 0. The molecule has 0 spiro atoms. The van der Waals surface area contributed by atoms with E-state index in [9.17, 15) is 4.79 Å². The standard InChI is InChI=1S/C18H17NO2/c20-18-17(9-10-21-18)19-11-13-5-1-3-7-15(13)16-8-4-2-6-14(16)12-19/h1-8,17H,9-12H2. The number of rotatable bonds is 1. The predicted octanol–water partition coefficient (Wildman–Crippen LogP) is 2.98. The number of hydrogen-bond donors (Lipinski definition) is 0. The van der Waals surface area contributed by atoms with Crippen molar-refractivity contribution in [3.05, 3.63) is 59.7 Å². The molecule has 0 aromatic heterocycles. The van der Waals surface area contributed by atoms with Crippen LogP contribution in [0.3, 0.4) is 0 Å². The molecule has 2 aliphatic rings. The molecule has 0 saturated carbocycles. The summed E-state index contributed by atoms with van der Waals surface area (Å²) in [5, 5.41) is 0. The highest BCUT2D eigenvalue weighted by atomic mass is 16.5. The Kier molecular flexibility index (Phi) is 3.00. The third-order valence-corrected chi connectivity index (χ3v) is 4.42. The maximum atomic E-state index is 11.9. The van der Waals surface area contributed by atoms with Gasteiger partial charge in [-0.25, -0.2) is 0 Å². The Morgan fingerprint density at radius 2 is 1.48 bits per heavy atom. The minimum absolute atomic E-state index is 0.0770. The number of hydrogen-bond acceptors (Lipinski definition) is 3. The van der Waals surface area contributed by atoms with Crippen LogP contribution in [-0.4, -0.2) is 23.5 Å². The molecule has 1 atom stereocenters. The quantitative estimate of drug-likeness (QED) is 0.752. The largest absolute Gasteiger partial charge is 0.464 e. The van der Waals surface area contributed by atoms with Crippen molar-refractivity contribution in [3.63, 3.8) is 0 Å². The van der Waals surface area contributed by atoms with Gasteiger partial charge in [-0.15, -0.1) is 0 Å². The van der Waals surface area contributed by atoms with Crippen LogP contribution in [0.4, 0.5) is 0 Å². The van der Waals surface area contributed by atoms with Crippen molar-refractivity contribution in [2.45, 2.75) is 25.6 Å². The lowest BCUT2D eigenvalue weighted by Gasteiger charge is -2.24. The Balaban J connectivity index is 1.81. The van der Waals surface area contributed by atoms with Crippen LogP contribution in [0.1, 0.15) is 17.5 Å². The van der Waals surface area contributed by atoms with Gasteiger partial charge in [0.1, 0.15) is 6.04 Å². The molecule has 1 fully saturated rings. The van der Waals surface area contributed by atoms with Crippen molar-refractivity contribution >= 4 is 5.97 Å². The summed E-state index contributed by atoms with van der Waals surface area (Å²) in [6, 6.07) is 16.8. The van der Waals surface area contributed by atoms with E-state index >= 15 is 0 Å². The Bertz CT molecular complexity index is 648. The fourth-order valence-electron chi connectivity index (χ4n) is 3.37. The zero-order valence-electron chi connectivity index (χ0n) is 11.8. The molecule has 1 saturated heterocycles. The molecule has 0 aliphatic carbocycles. The lowest BCUT2D eigenvalue weighted by molar-refractivity contribution is -0.142. The average Bonchev–Trinajstić information content (AvgIpc) is 2.86. The molecule has 1 unspecified atom stereocenters. The van der Waals surface area contributed by atoms with Gasteiger partial charge < -0.3 is 4.74 Å². The Morgan fingerprint density at radius 3 is 2.00 bits per heavy atom. The summed E-state index contributed by atoms with van der Waals surface area (Å²) in [6.07, 6.45) is 0.795. The molecule has 2 aliphatic heterocycles. The van der Waals surface area contributed by atoms with Crippen LogP contribution in [0.15, 0.2) is 48.5 Å². The van der Waals surface area contributed by atoms with Crippen molar-refractivity contribution < 1.29 is 9.53 Å². The van der Waals surface area contributed by atoms with Gasteiger partial charge in [0.2, 0.25) is 0 Å². The van der Waals surface area contributed by atoms with E-state index in [1.54, 1.807) is 0 Å². The first-order chi connectivity index (χ1) is 10.3. The average molecular weight is 279 g/mol. The van der Waals surface area contributed by atoms with Crippen LogP contribution in [0, 0.1) is 0 Å². The monoisotopic (exact) mass is 279 g/mol. The number of benzene rings is 2. The van der Waals surface area contributed by atoms with Gasteiger partial charge in [0.15, 0.2) is 0 Å². The van der Waals surface area contributed by atoms with Crippen molar-refractivity contribution in [1.82, 2.24) is 4.90 Å². The summed E-state index contributed by atoms with van der Waals surface area (Å²) in [5.74, 6) is -0.0770. The van der Waals surface area contributed by atoms with E-state index in [0.29, 0.717) is 6.61 Å². The minimum Gasteiger partial charge on any atom is -0.464 e. The Morgan fingerprint density at radius 1 is 0.905 bits per heavy atom. The van der Waals surface area contributed by atoms with E-state index in [2.05, 4.69) is 53.4 Å². The maximum Gasteiger partial charge on any atom is 0.323 e. The van der Waals surface area contributed by atoms with E-state index in [1.807, 2.05) is 0 Å². The molecule has 2 aromatic rings. The lowest BCUT2D eigenvalue weighted by atomic mass is 9.97. The Hall–Kier alpha value is -2.13. The van der Waals surface area contributed by atoms with Crippen LogP contribution in [0.25, 0.3) is 11.1 Å². The van der Waals surface area contributed by atoms with Crippen molar-refractivity contribution in [2.24, 2.45) is 0 Å². The fraction of sp³-hybridized carbons (Fsp3) is 0.278. The molecule has 106 valence electrons. The highest BCUT2D eigenvalue weighted by molar-refractivity contribution is 5.78. The molecular weight excluding hydrogens is 262 g/mol. The summed E-state index contributed by atoms with van der Waals surface area (Å²) < 4.78 is 5.15. The summed E-state index contributed by atoms with van der Waals surface area (Å²) in [5.41, 5.74) is 5.12. The Labute approximate surface area is 124 Å². The van der Waals surface area contributed by atoms with Gasteiger partial charge in [-0.3, -0.25) is 9.69 Å². The van der Waals surface area contributed by atoms with Gasteiger partial charge in [0.25, 0.3) is 0 Å². The number of fused-ring (bicyclic) bond motifs is 3. The third-order valence-electron chi connectivity index (χ3n) is 4.42. The summed E-state index contributed by atoms with van der Waals surface area (Å²) in [7, 11) is 0. The number of cyclic esters (lactones) is 1.